The molecule has 21 heavy (non-hydrogen) atoms. The van der Waals surface area contributed by atoms with Crippen LogP contribution in [0.15, 0.2) is 12.4 Å². The number of likely N-dealkylation sites (tertiary alicyclic amines) is 1. The molecule has 2 rings (SSSR count). The molecule has 0 saturated carbocycles. The van der Waals surface area contributed by atoms with E-state index in [1.807, 2.05) is 0 Å². The molecule has 1 aliphatic rings. The standard InChI is InChI=1S/C12H17N5O4/c18-10(16-3-1-2-4-16)6-13-12(21)15-9-5-14-17(7-9)8-11(19)20/h5,7H,1-4,6,8H2,(H,19,20)(H2,13,15,21). The number of rotatable bonds is 5. The minimum Gasteiger partial charge on any atom is -0.480 e. The van der Waals surface area contributed by atoms with Crippen molar-refractivity contribution in [3.05, 3.63) is 12.4 Å². The van der Waals surface area contributed by atoms with Crippen LogP contribution in [-0.4, -0.2) is 57.3 Å². The Hall–Kier alpha value is -2.58. The Morgan fingerprint density at radius 2 is 2.00 bits per heavy atom. The molecular weight excluding hydrogens is 278 g/mol. The molecule has 9 heteroatoms. The highest BCUT2D eigenvalue weighted by molar-refractivity contribution is 5.92. The van der Waals surface area contributed by atoms with E-state index < -0.39 is 12.0 Å². The maximum atomic E-state index is 11.7. The van der Waals surface area contributed by atoms with Gasteiger partial charge in [0.15, 0.2) is 0 Å². The zero-order valence-electron chi connectivity index (χ0n) is 11.4. The lowest BCUT2D eigenvalue weighted by molar-refractivity contribution is -0.138. The lowest BCUT2D eigenvalue weighted by Crippen LogP contribution is -2.40. The fourth-order valence-electron chi connectivity index (χ4n) is 2.06. The number of carboxylic acids is 1. The number of hydrogen-bond donors (Lipinski definition) is 3. The summed E-state index contributed by atoms with van der Waals surface area (Å²) in [4.78, 5) is 35.6. The van der Waals surface area contributed by atoms with E-state index in [4.69, 9.17) is 5.11 Å². The molecule has 0 aliphatic carbocycles. The highest BCUT2D eigenvalue weighted by atomic mass is 16.4. The Bertz CT molecular complexity index is 536. The van der Waals surface area contributed by atoms with Gasteiger partial charge in [0.2, 0.25) is 5.91 Å². The van der Waals surface area contributed by atoms with E-state index in [-0.39, 0.29) is 19.0 Å². The van der Waals surface area contributed by atoms with Crippen molar-refractivity contribution in [2.24, 2.45) is 0 Å². The maximum absolute atomic E-state index is 11.7. The molecule has 1 aromatic rings. The van der Waals surface area contributed by atoms with E-state index >= 15 is 0 Å². The molecule has 0 aromatic carbocycles. The molecule has 0 unspecified atom stereocenters. The largest absolute Gasteiger partial charge is 0.480 e. The number of amides is 3. The lowest BCUT2D eigenvalue weighted by Gasteiger charge is -2.15. The number of nitrogens with one attached hydrogen (secondary N) is 2. The first-order valence-corrected chi connectivity index (χ1v) is 6.61. The van der Waals surface area contributed by atoms with Crippen LogP contribution in [0.2, 0.25) is 0 Å². The normalized spacial score (nSPS) is 14.0. The predicted molar refractivity (Wildman–Crippen MR) is 72.7 cm³/mol. The molecule has 9 nitrogen and oxygen atoms in total. The summed E-state index contributed by atoms with van der Waals surface area (Å²) < 4.78 is 1.19. The van der Waals surface area contributed by atoms with Crippen molar-refractivity contribution in [1.29, 1.82) is 0 Å². The molecule has 0 spiro atoms. The summed E-state index contributed by atoms with van der Waals surface area (Å²) in [6.07, 6.45) is 4.74. The van der Waals surface area contributed by atoms with Crippen LogP contribution in [0.25, 0.3) is 0 Å². The molecule has 3 N–H and O–H groups in total. The quantitative estimate of drug-likeness (QED) is 0.690. The molecule has 0 atom stereocenters. The van der Waals surface area contributed by atoms with Crippen LogP contribution in [0.4, 0.5) is 10.5 Å². The third kappa shape index (κ3) is 4.48. The Morgan fingerprint density at radius 1 is 1.29 bits per heavy atom. The monoisotopic (exact) mass is 295 g/mol. The number of anilines is 1. The van der Waals surface area contributed by atoms with Crippen LogP contribution < -0.4 is 10.6 Å². The fraction of sp³-hybridized carbons (Fsp3) is 0.500. The van der Waals surface area contributed by atoms with Crippen molar-refractivity contribution in [2.75, 3.05) is 25.0 Å². The Morgan fingerprint density at radius 3 is 2.67 bits per heavy atom. The summed E-state index contributed by atoms with van der Waals surface area (Å²) in [6.45, 7) is 1.14. The first-order valence-electron chi connectivity index (χ1n) is 6.61. The van der Waals surface area contributed by atoms with Crippen molar-refractivity contribution < 1.29 is 19.5 Å². The Kier molecular flexibility index (Phi) is 4.75. The number of carbonyl (C=O) groups excluding carboxylic acids is 2. The maximum Gasteiger partial charge on any atom is 0.325 e. The van der Waals surface area contributed by atoms with E-state index in [2.05, 4.69) is 15.7 Å². The van der Waals surface area contributed by atoms with Gasteiger partial charge in [0.05, 0.1) is 18.4 Å². The third-order valence-electron chi connectivity index (χ3n) is 3.05. The molecule has 0 bridgehead atoms. The van der Waals surface area contributed by atoms with Crippen LogP contribution in [0.3, 0.4) is 0 Å². The average Bonchev–Trinajstić information content (AvgIpc) is 3.07. The summed E-state index contributed by atoms with van der Waals surface area (Å²) in [5.41, 5.74) is 0.363. The van der Waals surface area contributed by atoms with Gasteiger partial charge in [-0.1, -0.05) is 0 Å². The van der Waals surface area contributed by atoms with Gasteiger partial charge in [-0.3, -0.25) is 14.3 Å². The van der Waals surface area contributed by atoms with Crippen molar-refractivity contribution >= 4 is 23.6 Å². The SMILES string of the molecule is O=C(O)Cn1cc(NC(=O)NCC(=O)N2CCCC2)cn1. The lowest BCUT2D eigenvalue weighted by atomic mass is 10.4. The van der Waals surface area contributed by atoms with Crippen LogP contribution in [-0.2, 0) is 16.1 Å². The number of nitrogens with zero attached hydrogens (tertiary/aromatic N) is 3. The van der Waals surface area contributed by atoms with Gasteiger partial charge < -0.3 is 20.6 Å². The van der Waals surface area contributed by atoms with Crippen molar-refractivity contribution in [1.82, 2.24) is 20.0 Å². The molecule has 1 fully saturated rings. The first kappa shape index (κ1) is 14.8. The number of carbonyl (C=O) groups is 3. The molecule has 2 heterocycles. The molecule has 1 aromatic heterocycles. The van der Waals surface area contributed by atoms with Crippen molar-refractivity contribution in [3.63, 3.8) is 0 Å². The van der Waals surface area contributed by atoms with Gasteiger partial charge in [0, 0.05) is 19.3 Å². The fourth-order valence-corrected chi connectivity index (χ4v) is 2.06. The van der Waals surface area contributed by atoms with E-state index in [1.54, 1.807) is 4.90 Å². The summed E-state index contributed by atoms with van der Waals surface area (Å²) in [6, 6.07) is -0.530. The molecule has 114 valence electrons. The second-order valence-corrected chi connectivity index (χ2v) is 4.72. The Labute approximate surface area is 120 Å². The summed E-state index contributed by atoms with van der Waals surface area (Å²) >= 11 is 0. The predicted octanol–water partition coefficient (Wildman–Crippen LogP) is -0.288. The molecule has 0 radical (unpaired) electrons. The van der Waals surface area contributed by atoms with Crippen LogP contribution >= 0.6 is 0 Å². The highest BCUT2D eigenvalue weighted by Crippen LogP contribution is 2.07. The van der Waals surface area contributed by atoms with E-state index in [0.29, 0.717) is 5.69 Å². The molecule has 1 aliphatic heterocycles. The van der Waals surface area contributed by atoms with E-state index in [9.17, 15) is 14.4 Å². The number of aliphatic carboxylic acids is 1. The second kappa shape index (κ2) is 6.73. The minimum atomic E-state index is -1.02. The summed E-state index contributed by atoms with van der Waals surface area (Å²) in [7, 11) is 0. The van der Waals surface area contributed by atoms with E-state index in [1.165, 1.54) is 17.1 Å². The Balaban J connectivity index is 1.74. The van der Waals surface area contributed by atoms with Gasteiger partial charge in [0.1, 0.15) is 6.54 Å². The highest BCUT2D eigenvalue weighted by Gasteiger charge is 2.18. The average molecular weight is 295 g/mol. The third-order valence-corrected chi connectivity index (χ3v) is 3.05. The van der Waals surface area contributed by atoms with Crippen LogP contribution in [0.1, 0.15) is 12.8 Å². The number of hydrogen-bond acceptors (Lipinski definition) is 4. The number of carboxylic acid groups (broad SMARTS) is 1. The van der Waals surface area contributed by atoms with E-state index in [0.717, 1.165) is 25.9 Å². The number of aromatic nitrogens is 2. The zero-order chi connectivity index (χ0) is 15.2. The minimum absolute atomic E-state index is 0.0604. The van der Waals surface area contributed by atoms with Gasteiger partial charge in [-0.25, -0.2) is 4.79 Å². The van der Waals surface area contributed by atoms with Gasteiger partial charge >= 0.3 is 12.0 Å². The molecular formula is C12H17N5O4. The zero-order valence-corrected chi connectivity index (χ0v) is 11.4. The van der Waals surface area contributed by atoms with Crippen molar-refractivity contribution in [2.45, 2.75) is 19.4 Å². The first-order chi connectivity index (χ1) is 10.0. The van der Waals surface area contributed by atoms with Crippen LogP contribution in [0.5, 0.6) is 0 Å². The topological polar surface area (TPSA) is 117 Å². The van der Waals surface area contributed by atoms with Gasteiger partial charge in [-0.15, -0.1) is 0 Å². The molecule has 3 amide bonds. The summed E-state index contributed by atoms with van der Waals surface area (Å²) in [5.74, 6) is -1.13. The summed E-state index contributed by atoms with van der Waals surface area (Å²) in [5, 5.41) is 17.3. The van der Waals surface area contributed by atoms with Gasteiger partial charge in [0.25, 0.3) is 0 Å². The van der Waals surface area contributed by atoms with Gasteiger partial charge in [-0.05, 0) is 12.8 Å². The van der Waals surface area contributed by atoms with Crippen LogP contribution in [0, 0.1) is 0 Å². The smallest absolute Gasteiger partial charge is 0.325 e. The van der Waals surface area contributed by atoms with Gasteiger partial charge in [-0.2, -0.15) is 5.10 Å². The second-order valence-electron chi connectivity index (χ2n) is 4.72. The molecule has 1 saturated heterocycles. The number of urea groups is 1. The van der Waals surface area contributed by atoms with Crippen molar-refractivity contribution in [3.8, 4) is 0 Å².